The van der Waals surface area contributed by atoms with Gasteiger partial charge < -0.3 is 15.0 Å². The van der Waals surface area contributed by atoms with E-state index in [1.165, 1.54) is 0 Å². The van der Waals surface area contributed by atoms with Gasteiger partial charge in [0.1, 0.15) is 17.6 Å². The number of carbonyl (C=O) groups excluding carboxylic acids is 2. The summed E-state index contributed by atoms with van der Waals surface area (Å²) in [6.45, 7) is 6.77. The molecule has 2 heterocycles. The maximum absolute atomic E-state index is 13.2. The van der Waals surface area contributed by atoms with Crippen LogP contribution >= 0.6 is 0 Å². The molecule has 1 aromatic carbocycles. The van der Waals surface area contributed by atoms with Gasteiger partial charge in [-0.15, -0.1) is 0 Å². The van der Waals surface area contributed by atoms with Gasteiger partial charge in [-0.05, 0) is 49.4 Å². The number of likely N-dealkylation sites (tertiary alicyclic amines) is 1. The van der Waals surface area contributed by atoms with Crippen LogP contribution < -0.4 is 10.1 Å². The number of carbonyl (C=O) groups is 2. The van der Waals surface area contributed by atoms with E-state index in [4.69, 9.17) is 4.74 Å². The molecule has 1 aromatic heterocycles. The van der Waals surface area contributed by atoms with Gasteiger partial charge in [0.2, 0.25) is 5.91 Å². The molecule has 162 valence electrons. The van der Waals surface area contributed by atoms with Gasteiger partial charge in [0.05, 0.1) is 5.56 Å². The number of piperidine rings is 1. The van der Waals surface area contributed by atoms with Crippen LogP contribution in [-0.4, -0.2) is 40.9 Å². The van der Waals surface area contributed by atoms with E-state index in [1.807, 2.05) is 26.8 Å². The third-order valence-electron chi connectivity index (χ3n) is 5.45. The van der Waals surface area contributed by atoms with Gasteiger partial charge in [0.15, 0.2) is 6.10 Å². The van der Waals surface area contributed by atoms with Gasteiger partial charge in [0, 0.05) is 25.2 Å². The summed E-state index contributed by atoms with van der Waals surface area (Å²) >= 11 is 0. The lowest BCUT2D eigenvalue weighted by molar-refractivity contribution is -0.143. The lowest BCUT2D eigenvalue weighted by Gasteiger charge is -2.34. The summed E-state index contributed by atoms with van der Waals surface area (Å²) in [5, 5.41) is 12.2. The third-order valence-corrected chi connectivity index (χ3v) is 5.45. The molecule has 31 heavy (non-hydrogen) atoms. The highest BCUT2D eigenvalue weighted by atomic mass is 16.5. The summed E-state index contributed by atoms with van der Waals surface area (Å²) in [6, 6.07) is 12.7. The zero-order valence-electron chi connectivity index (χ0n) is 18.2. The maximum Gasteiger partial charge on any atom is 0.263 e. The highest BCUT2D eigenvalue weighted by Gasteiger charge is 2.33. The average Bonchev–Trinajstić information content (AvgIpc) is 2.78. The second-order valence-corrected chi connectivity index (χ2v) is 8.20. The molecule has 7 nitrogen and oxygen atoms in total. The van der Waals surface area contributed by atoms with Crippen molar-refractivity contribution < 1.29 is 14.3 Å². The Bertz CT molecular complexity index is 958. The Morgan fingerprint density at radius 1 is 1.19 bits per heavy atom. The summed E-state index contributed by atoms with van der Waals surface area (Å²) in [5.41, 5.74) is 1.44. The van der Waals surface area contributed by atoms with Gasteiger partial charge >= 0.3 is 0 Å². The Hall–Kier alpha value is -3.40. The Morgan fingerprint density at radius 2 is 1.90 bits per heavy atom. The molecule has 7 heteroatoms. The van der Waals surface area contributed by atoms with E-state index in [2.05, 4.69) is 16.4 Å². The molecule has 0 spiro atoms. The number of hydrogen-bond donors (Lipinski definition) is 1. The standard InChI is InChI=1S/C24H28N4O3/c1-16(2)22(31-20-7-5-4-6-19(20)14-25)24(30)28-12-10-18(11-13-28)23(29)27-21-9-8-17(3)15-26-21/h4-9,15-16,18,22H,10-13H2,1-3H3,(H,26,27,29). The molecule has 2 amide bonds. The van der Waals surface area contributed by atoms with E-state index in [9.17, 15) is 14.9 Å². The third kappa shape index (κ3) is 5.60. The Kier molecular flexibility index (Phi) is 7.24. The van der Waals surface area contributed by atoms with Gasteiger partial charge in [-0.25, -0.2) is 4.98 Å². The predicted octanol–water partition coefficient (Wildman–Crippen LogP) is 3.54. The minimum atomic E-state index is -0.684. The highest BCUT2D eigenvalue weighted by Crippen LogP contribution is 2.24. The van der Waals surface area contributed by atoms with E-state index < -0.39 is 6.10 Å². The van der Waals surface area contributed by atoms with Crippen LogP contribution in [0.5, 0.6) is 5.75 Å². The number of nitrogens with zero attached hydrogens (tertiary/aromatic N) is 3. The number of pyridine rings is 1. The van der Waals surface area contributed by atoms with E-state index in [0.717, 1.165) is 5.56 Å². The van der Waals surface area contributed by atoms with Crippen molar-refractivity contribution in [2.45, 2.75) is 39.7 Å². The first-order valence-electron chi connectivity index (χ1n) is 10.6. The van der Waals surface area contributed by atoms with Crippen molar-refractivity contribution in [3.8, 4) is 11.8 Å². The fourth-order valence-corrected chi connectivity index (χ4v) is 3.58. The number of para-hydroxylation sites is 1. The Morgan fingerprint density at radius 3 is 2.52 bits per heavy atom. The number of rotatable bonds is 6. The highest BCUT2D eigenvalue weighted by molar-refractivity contribution is 5.92. The Balaban J connectivity index is 1.59. The van der Waals surface area contributed by atoms with Gasteiger partial charge in [-0.1, -0.05) is 32.0 Å². The minimum Gasteiger partial charge on any atom is -0.479 e. The van der Waals surface area contributed by atoms with Gasteiger partial charge in [0.25, 0.3) is 5.91 Å². The molecule has 1 aliphatic heterocycles. The van der Waals surface area contributed by atoms with Crippen LogP contribution in [0.25, 0.3) is 0 Å². The average molecular weight is 421 g/mol. The van der Waals surface area contributed by atoms with Crippen molar-refractivity contribution in [3.63, 3.8) is 0 Å². The normalized spacial score (nSPS) is 15.3. The summed E-state index contributed by atoms with van der Waals surface area (Å²) in [5.74, 6) is 0.554. The Labute approximate surface area is 183 Å². The molecular formula is C24H28N4O3. The second kappa shape index (κ2) is 10.1. The van der Waals surface area contributed by atoms with Crippen LogP contribution in [-0.2, 0) is 9.59 Å². The topological polar surface area (TPSA) is 95.3 Å². The molecule has 0 radical (unpaired) electrons. The molecule has 1 unspecified atom stereocenters. The minimum absolute atomic E-state index is 0.0621. The first-order chi connectivity index (χ1) is 14.9. The zero-order valence-corrected chi connectivity index (χ0v) is 18.2. The van der Waals surface area contributed by atoms with Crippen molar-refractivity contribution >= 4 is 17.6 Å². The van der Waals surface area contributed by atoms with E-state index in [1.54, 1.807) is 41.4 Å². The number of nitrogens with one attached hydrogen (secondary N) is 1. The monoisotopic (exact) mass is 420 g/mol. The number of amides is 2. The van der Waals surface area contributed by atoms with Crippen molar-refractivity contribution in [3.05, 3.63) is 53.7 Å². The fourth-order valence-electron chi connectivity index (χ4n) is 3.58. The van der Waals surface area contributed by atoms with Gasteiger partial charge in [-0.3, -0.25) is 9.59 Å². The predicted molar refractivity (Wildman–Crippen MR) is 117 cm³/mol. The largest absolute Gasteiger partial charge is 0.479 e. The number of anilines is 1. The summed E-state index contributed by atoms with van der Waals surface area (Å²) in [4.78, 5) is 31.7. The molecule has 3 rings (SSSR count). The van der Waals surface area contributed by atoms with E-state index >= 15 is 0 Å². The number of ether oxygens (including phenoxy) is 1. The summed E-state index contributed by atoms with van der Waals surface area (Å²) < 4.78 is 5.97. The van der Waals surface area contributed by atoms with Crippen LogP contribution in [0.3, 0.4) is 0 Å². The van der Waals surface area contributed by atoms with Crippen LogP contribution in [0, 0.1) is 30.1 Å². The fraction of sp³-hybridized carbons (Fsp3) is 0.417. The molecule has 0 saturated carbocycles. The molecule has 1 aliphatic rings. The molecular weight excluding hydrogens is 392 g/mol. The quantitative estimate of drug-likeness (QED) is 0.771. The first-order valence-corrected chi connectivity index (χ1v) is 10.6. The SMILES string of the molecule is Cc1ccc(NC(=O)C2CCN(C(=O)C(Oc3ccccc3C#N)C(C)C)CC2)nc1. The van der Waals surface area contributed by atoms with Crippen LogP contribution in [0.1, 0.15) is 37.8 Å². The van der Waals surface area contributed by atoms with Crippen LogP contribution in [0.15, 0.2) is 42.6 Å². The molecule has 1 atom stereocenters. The van der Waals surface area contributed by atoms with Crippen LogP contribution in [0.2, 0.25) is 0 Å². The van der Waals surface area contributed by atoms with Gasteiger partial charge in [-0.2, -0.15) is 5.26 Å². The van der Waals surface area contributed by atoms with E-state index in [-0.39, 0.29) is 23.7 Å². The first kappa shape index (κ1) is 22.3. The molecule has 0 bridgehead atoms. The van der Waals surface area contributed by atoms with Crippen LogP contribution in [0.4, 0.5) is 5.82 Å². The molecule has 1 saturated heterocycles. The molecule has 1 fully saturated rings. The smallest absolute Gasteiger partial charge is 0.263 e. The molecule has 2 aromatic rings. The summed E-state index contributed by atoms with van der Waals surface area (Å²) in [6.07, 6.45) is 2.20. The van der Waals surface area contributed by atoms with Crippen molar-refractivity contribution in [2.75, 3.05) is 18.4 Å². The number of hydrogen-bond acceptors (Lipinski definition) is 5. The van der Waals surface area contributed by atoms with E-state index in [0.29, 0.717) is 43.1 Å². The summed E-state index contributed by atoms with van der Waals surface area (Å²) in [7, 11) is 0. The molecule has 1 N–H and O–H groups in total. The number of aromatic nitrogens is 1. The lowest BCUT2D eigenvalue weighted by atomic mass is 9.94. The number of aryl methyl sites for hydroxylation is 1. The van der Waals surface area contributed by atoms with Crippen molar-refractivity contribution in [1.29, 1.82) is 5.26 Å². The lowest BCUT2D eigenvalue weighted by Crippen LogP contribution is -2.49. The molecule has 0 aliphatic carbocycles. The number of benzene rings is 1. The number of nitriles is 1. The maximum atomic E-state index is 13.2. The van der Waals surface area contributed by atoms with Crippen molar-refractivity contribution in [1.82, 2.24) is 9.88 Å². The second-order valence-electron chi connectivity index (χ2n) is 8.20. The zero-order chi connectivity index (χ0) is 22.4. The van der Waals surface area contributed by atoms with Crippen molar-refractivity contribution in [2.24, 2.45) is 11.8 Å².